The first-order valence-electron chi connectivity index (χ1n) is 7.36. The van der Waals surface area contributed by atoms with Crippen LogP contribution in [0.4, 0.5) is 0 Å². The summed E-state index contributed by atoms with van der Waals surface area (Å²) in [4.78, 5) is 25.1. The fraction of sp³-hybridized carbons (Fsp3) is 0.0588. The Kier molecular flexibility index (Phi) is 3.76. The van der Waals surface area contributed by atoms with Crippen LogP contribution in [0.2, 0.25) is 0 Å². The molecule has 1 N–H and O–H groups in total. The summed E-state index contributed by atoms with van der Waals surface area (Å²) >= 11 is 1.50. The third-order valence-electron chi connectivity index (χ3n) is 3.50. The predicted octanol–water partition coefficient (Wildman–Crippen LogP) is 2.87. The molecule has 24 heavy (non-hydrogen) atoms. The summed E-state index contributed by atoms with van der Waals surface area (Å²) < 4.78 is 1.63. The molecule has 1 amide bonds. The Morgan fingerprint density at radius 1 is 1.21 bits per heavy atom. The normalized spacial score (nSPS) is 10.8. The number of amides is 1. The van der Waals surface area contributed by atoms with E-state index < -0.39 is 0 Å². The molecule has 1 aromatic carbocycles. The van der Waals surface area contributed by atoms with Gasteiger partial charge in [-0.3, -0.25) is 15.2 Å². The molecule has 118 valence electrons. The van der Waals surface area contributed by atoms with Gasteiger partial charge in [0.05, 0.1) is 23.1 Å². The van der Waals surface area contributed by atoms with E-state index in [2.05, 4.69) is 20.4 Å². The molecule has 0 spiro atoms. The minimum Gasteiger partial charge on any atom is -0.273 e. The fourth-order valence-corrected chi connectivity index (χ4v) is 3.21. The number of nitrogens with zero attached hydrogens (tertiary/aromatic N) is 4. The smallest absolute Gasteiger partial charge is 0.244 e. The quantitative estimate of drug-likeness (QED) is 0.622. The SMILES string of the molecule is O=C(Cc1csc(-c2cccnc2)n1)Nn1cnc2ccccc21. The Morgan fingerprint density at radius 2 is 2.12 bits per heavy atom. The summed E-state index contributed by atoms with van der Waals surface area (Å²) in [5.41, 5.74) is 6.22. The van der Waals surface area contributed by atoms with Gasteiger partial charge >= 0.3 is 0 Å². The molecule has 0 aliphatic heterocycles. The molecular weight excluding hydrogens is 322 g/mol. The van der Waals surface area contributed by atoms with Crippen LogP contribution in [-0.4, -0.2) is 25.5 Å². The number of rotatable bonds is 4. The lowest BCUT2D eigenvalue weighted by Gasteiger charge is -2.05. The molecule has 7 heteroatoms. The molecule has 0 radical (unpaired) electrons. The van der Waals surface area contributed by atoms with Gasteiger partial charge in [0.15, 0.2) is 0 Å². The maximum Gasteiger partial charge on any atom is 0.244 e. The van der Waals surface area contributed by atoms with Gasteiger partial charge in [0.1, 0.15) is 11.3 Å². The van der Waals surface area contributed by atoms with Crippen molar-refractivity contribution in [2.24, 2.45) is 0 Å². The average molecular weight is 335 g/mol. The van der Waals surface area contributed by atoms with Crippen LogP contribution >= 0.6 is 11.3 Å². The van der Waals surface area contributed by atoms with Crippen LogP contribution in [-0.2, 0) is 11.2 Å². The molecule has 3 aromatic heterocycles. The van der Waals surface area contributed by atoms with Gasteiger partial charge in [0.25, 0.3) is 0 Å². The predicted molar refractivity (Wildman–Crippen MR) is 93.1 cm³/mol. The van der Waals surface area contributed by atoms with Crippen molar-refractivity contribution >= 4 is 28.3 Å². The Hall–Kier alpha value is -3.06. The maximum atomic E-state index is 12.3. The Labute approximate surface area is 141 Å². The van der Waals surface area contributed by atoms with Crippen LogP contribution in [0.1, 0.15) is 5.69 Å². The molecule has 0 fully saturated rings. The summed E-state index contributed by atoms with van der Waals surface area (Å²) in [5.74, 6) is -0.138. The Morgan fingerprint density at radius 3 is 3.00 bits per heavy atom. The molecule has 4 rings (SSSR count). The van der Waals surface area contributed by atoms with E-state index in [-0.39, 0.29) is 12.3 Å². The number of nitrogens with one attached hydrogen (secondary N) is 1. The van der Waals surface area contributed by atoms with Gasteiger partial charge in [-0.1, -0.05) is 12.1 Å². The van der Waals surface area contributed by atoms with Crippen LogP contribution in [0.15, 0.2) is 60.5 Å². The molecule has 0 unspecified atom stereocenters. The number of para-hydroxylation sites is 2. The highest BCUT2D eigenvalue weighted by atomic mass is 32.1. The van der Waals surface area contributed by atoms with E-state index in [0.717, 1.165) is 27.3 Å². The Bertz CT molecular complexity index is 992. The van der Waals surface area contributed by atoms with E-state index in [9.17, 15) is 4.79 Å². The zero-order valence-electron chi connectivity index (χ0n) is 12.6. The van der Waals surface area contributed by atoms with E-state index in [4.69, 9.17) is 0 Å². The van der Waals surface area contributed by atoms with E-state index in [1.807, 2.05) is 41.8 Å². The molecule has 3 heterocycles. The van der Waals surface area contributed by atoms with Crippen molar-refractivity contribution in [3.05, 3.63) is 66.2 Å². The van der Waals surface area contributed by atoms with Crippen LogP contribution < -0.4 is 5.43 Å². The molecule has 6 nitrogen and oxygen atoms in total. The van der Waals surface area contributed by atoms with Gasteiger partial charge in [-0.2, -0.15) is 0 Å². The van der Waals surface area contributed by atoms with Crippen LogP contribution in [0.25, 0.3) is 21.6 Å². The van der Waals surface area contributed by atoms with Crippen LogP contribution in [0.5, 0.6) is 0 Å². The van der Waals surface area contributed by atoms with Gasteiger partial charge in [0.2, 0.25) is 5.91 Å². The second-order valence-electron chi connectivity index (χ2n) is 5.20. The van der Waals surface area contributed by atoms with Crippen molar-refractivity contribution in [2.75, 3.05) is 5.43 Å². The number of thiazole rings is 1. The zero-order chi connectivity index (χ0) is 16.4. The monoisotopic (exact) mass is 335 g/mol. The average Bonchev–Trinajstić information content (AvgIpc) is 3.23. The molecule has 0 saturated heterocycles. The van der Waals surface area contributed by atoms with Gasteiger partial charge in [-0.05, 0) is 24.3 Å². The fourth-order valence-electron chi connectivity index (χ4n) is 2.40. The first-order valence-corrected chi connectivity index (χ1v) is 8.24. The number of pyridine rings is 1. The summed E-state index contributed by atoms with van der Waals surface area (Å²) in [5, 5.41) is 2.76. The summed E-state index contributed by atoms with van der Waals surface area (Å²) in [6.45, 7) is 0. The number of imidazole rings is 1. The third kappa shape index (κ3) is 2.89. The lowest BCUT2D eigenvalue weighted by molar-refractivity contribution is -0.116. The van der Waals surface area contributed by atoms with E-state index in [1.165, 1.54) is 11.3 Å². The van der Waals surface area contributed by atoms with Crippen molar-refractivity contribution in [2.45, 2.75) is 6.42 Å². The number of fused-ring (bicyclic) bond motifs is 1. The number of hydrogen-bond donors (Lipinski definition) is 1. The lowest BCUT2D eigenvalue weighted by Crippen LogP contribution is -2.23. The molecular formula is C17H13N5OS. The molecule has 0 aliphatic carbocycles. The summed E-state index contributed by atoms with van der Waals surface area (Å²) in [6.07, 6.45) is 5.30. The number of carbonyl (C=O) groups is 1. The molecule has 0 saturated carbocycles. The van der Waals surface area contributed by atoms with E-state index >= 15 is 0 Å². The highest BCUT2D eigenvalue weighted by molar-refractivity contribution is 7.13. The topological polar surface area (TPSA) is 72.7 Å². The van der Waals surface area contributed by atoms with Gasteiger partial charge < -0.3 is 0 Å². The highest BCUT2D eigenvalue weighted by Gasteiger charge is 2.10. The standard InChI is InChI=1S/C17H13N5OS/c23-16(21-22-11-19-14-5-1-2-6-15(14)22)8-13-10-24-17(20-13)12-4-3-7-18-9-12/h1-7,9-11H,8H2,(H,21,23). The number of hydrogen-bond acceptors (Lipinski definition) is 5. The largest absolute Gasteiger partial charge is 0.273 e. The van der Waals surface area contributed by atoms with Crippen molar-refractivity contribution in [3.63, 3.8) is 0 Å². The first kappa shape index (κ1) is 14.5. The number of aromatic nitrogens is 4. The van der Waals surface area contributed by atoms with Crippen LogP contribution in [0.3, 0.4) is 0 Å². The van der Waals surface area contributed by atoms with Crippen molar-refractivity contribution < 1.29 is 4.79 Å². The molecule has 0 bridgehead atoms. The number of carbonyl (C=O) groups excluding carboxylic acids is 1. The van der Waals surface area contributed by atoms with Gasteiger partial charge in [0, 0.05) is 23.3 Å². The van der Waals surface area contributed by atoms with Gasteiger partial charge in [-0.25, -0.2) is 14.6 Å². The third-order valence-corrected chi connectivity index (χ3v) is 4.44. The van der Waals surface area contributed by atoms with E-state index in [1.54, 1.807) is 23.4 Å². The minimum atomic E-state index is -0.138. The van der Waals surface area contributed by atoms with Crippen molar-refractivity contribution in [3.8, 4) is 10.6 Å². The molecule has 4 aromatic rings. The lowest BCUT2D eigenvalue weighted by atomic mass is 10.3. The highest BCUT2D eigenvalue weighted by Crippen LogP contribution is 2.22. The van der Waals surface area contributed by atoms with E-state index in [0.29, 0.717) is 0 Å². The minimum absolute atomic E-state index is 0.138. The van der Waals surface area contributed by atoms with Crippen LogP contribution in [0, 0.1) is 0 Å². The second-order valence-corrected chi connectivity index (χ2v) is 6.06. The zero-order valence-corrected chi connectivity index (χ0v) is 13.4. The number of benzene rings is 1. The Balaban J connectivity index is 1.48. The van der Waals surface area contributed by atoms with Gasteiger partial charge in [-0.15, -0.1) is 11.3 Å². The second kappa shape index (κ2) is 6.21. The maximum absolute atomic E-state index is 12.3. The summed E-state index contributed by atoms with van der Waals surface area (Å²) in [6, 6.07) is 11.5. The summed E-state index contributed by atoms with van der Waals surface area (Å²) in [7, 11) is 0. The van der Waals surface area contributed by atoms with Crippen molar-refractivity contribution in [1.29, 1.82) is 0 Å². The first-order chi connectivity index (χ1) is 11.8. The molecule has 0 atom stereocenters. The molecule has 0 aliphatic rings. The van der Waals surface area contributed by atoms with Crippen molar-refractivity contribution in [1.82, 2.24) is 19.6 Å².